The molecule has 0 aliphatic carbocycles. The Hall–Kier alpha value is -1.25. The van der Waals surface area contributed by atoms with Gasteiger partial charge >= 0.3 is 0 Å². The molecule has 2 heterocycles. The van der Waals surface area contributed by atoms with E-state index in [0.29, 0.717) is 18.9 Å². The SMILES string of the molecule is CCCc1cnc(C)nc1N1C[C@@H](CS(=O)(=O)N(C)C)[C@@H](O)C1. The lowest BCUT2D eigenvalue weighted by molar-refractivity contribution is 0.157. The van der Waals surface area contributed by atoms with Gasteiger partial charge in [0, 0.05) is 44.9 Å². The molecule has 1 fully saturated rings. The Morgan fingerprint density at radius 2 is 2.09 bits per heavy atom. The Bertz CT molecular complexity index is 648. The van der Waals surface area contributed by atoms with E-state index in [1.54, 1.807) is 0 Å². The van der Waals surface area contributed by atoms with E-state index in [0.717, 1.165) is 24.2 Å². The normalized spacial score (nSPS) is 22.1. The molecule has 0 bridgehead atoms. The molecule has 0 spiro atoms. The number of anilines is 1. The van der Waals surface area contributed by atoms with Gasteiger partial charge in [0.25, 0.3) is 0 Å². The summed E-state index contributed by atoms with van der Waals surface area (Å²) in [5.74, 6) is 1.14. The molecule has 0 amide bonds. The maximum absolute atomic E-state index is 12.1. The molecule has 2 rings (SSSR count). The summed E-state index contributed by atoms with van der Waals surface area (Å²) in [5.41, 5.74) is 1.04. The minimum atomic E-state index is -3.33. The third-order valence-electron chi connectivity index (χ3n) is 4.17. The number of aliphatic hydroxyl groups excluding tert-OH is 1. The monoisotopic (exact) mass is 342 g/mol. The van der Waals surface area contributed by atoms with Crippen molar-refractivity contribution in [3.8, 4) is 0 Å². The fourth-order valence-corrected chi connectivity index (χ4v) is 3.98. The molecule has 2 atom stereocenters. The van der Waals surface area contributed by atoms with Gasteiger partial charge in [-0.25, -0.2) is 22.7 Å². The number of aliphatic hydroxyl groups is 1. The first-order valence-electron chi connectivity index (χ1n) is 7.90. The Labute approximate surface area is 138 Å². The van der Waals surface area contributed by atoms with Gasteiger partial charge in [0.05, 0.1) is 11.9 Å². The third-order valence-corrected chi connectivity index (χ3v) is 6.13. The molecule has 0 radical (unpaired) electrons. The van der Waals surface area contributed by atoms with Crippen LogP contribution in [-0.4, -0.2) is 66.8 Å². The van der Waals surface area contributed by atoms with E-state index in [1.165, 1.54) is 18.4 Å². The van der Waals surface area contributed by atoms with Gasteiger partial charge in [-0.15, -0.1) is 0 Å². The molecule has 130 valence electrons. The molecule has 1 aliphatic heterocycles. The second kappa shape index (κ2) is 7.11. The topological polar surface area (TPSA) is 86.6 Å². The van der Waals surface area contributed by atoms with E-state index >= 15 is 0 Å². The molecule has 1 aromatic heterocycles. The molecular formula is C15H26N4O3S. The minimum Gasteiger partial charge on any atom is -0.391 e. The van der Waals surface area contributed by atoms with Gasteiger partial charge in [-0.1, -0.05) is 13.3 Å². The van der Waals surface area contributed by atoms with Crippen LogP contribution in [0, 0.1) is 12.8 Å². The van der Waals surface area contributed by atoms with Gasteiger partial charge in [-0.3, -0.25) is 0 Å². The average molecular weight is 342 g/mol. The minimum absolute atomic E-state index is 0.0508. The number of hydrogen-bond donors (Lipinski definition) is 1. The summed E-state index contributed by atoms with van der Waals surface area (Å²) < 4.78 is 25.3. The number of sulfonamides is 1. The van der Waals surface area contributed by atoms with Gasteiger partial charge in [-0.2, -0.15) is 0 Å². The van der Waals surface area contributed by atoms with Crippen LogP contribution in [0.4, 0.5) is 5.82 Å². The van der Waals surface area contributed by atoms with Gasteiger partial charge < -0.3 is 10.0 Å². The molecule has 1 aromatic rings. The highest BCUT2D eigenvalue weighted by Gasteiger charge is 2.36. The van der Waals surface area contributed by atoms with Crippen molar-refractivity contribution >= 4 is 15.8 Å². The highest BCUT2D eigenvalue weighted by atomic mass is 32.2. The largest absolute Gasteiger partial charge is 0.391 e. The molecule has 1 saturated heterocycles. The molecule has 0 aromatic carbocycles. The maximum Gasteiger partial charge on any atom is 0.214 e. The molecule has 1 N–H and O–H groups in total. The Kier molecular flexibility index (Phi) is 5.59. The van der Waals surface area contributed by atoms with Crippen LogP contribution in [-0.2, 0) is 16.4 Å². The average Bonchev–Trinajstić information content (AvgIpc) is 2.81. The second-order valence-corrected chi connectivity index (χ2v) is 8.54. The van der Waals surface area contributed by atoms with Gasteiger partial charge in [0.15, 0.2) is 0 Å². The maximum atomic E-state index is 12.1. The number of aryl methyl sites for hydroxylation is 2. The van der Waals surface area contributed by atoms with Crippen LogP contribution in [0.3, 0.4) is 0 Å². The lowest BCUT2D eigenvalue weighted by Gasteiger charge is -2.21. The van der Waals surface area contributed by atoms with Crippen molar-refractivity contribution in [2.45, 2.75) is 32.8 Å². The number of aromatic nitrogens is 2. The second-order valence-electron chi connectivity index (χ2n) is 6.31. The third kappa shape index (κ3) is 4.19. The molecule has 8 heteroatoms. The summed E-state index contributed by atoms with van der Waals surface area (Å²) in [5, 5.41) is 10.3. The van der Waals surface area contributed by atoms with Crippen molar-refractivity contribution in [1.82, 2.24) is 14.3 Å². The molecule has 7 nitrogen and oxygen atoms in total. The standard InChI is InChI=1S/C15H26N4O3S/c1-5-6-12-7-16-11(2)17-15(12)19-8-13(14(20)9-19)10-23(21,22)18(3)4/h7,13-14,20H,5-6,8-10H2,1-4H3/t13-,14-/m0/s1. The first-order valence-corrected chi connectivity index (χ1v) is 9.51. The smallest absolute Gasteiger partial charge is 0.214 e. The molecule has 0 saturated carbocycles. The quantitative estimate of drug-likeness (QED) is 0.807. The zero-order chi connectivity index (χ0) is 17.2. The Morgan fingerprint density at radius 3 is 2.70 bits per heavy atom. The van der Waals surface area contributed by atoms with Gasteiger partial charge in [-0.05, 0) is 13.3 Å². The Balaban J connectivity index is 2.20. The lowest BCUT2D eigenvalue weighted by Crippen LogP contribution is -2.33. The summed E-state index contributed by atoms with van der Waals surface area (Å²) in [4.78, 5) is 10.8. The van der Waals surface area contributed by atoms with E-state index in [1.807, 2.05) is 18.0 Å². The van der Waals surface area contributed by atoms with Crippen molar-refractivity contribution in [2.75, 3.05) is 37.8 Å². The summed E-state index contributed by atoms with van der Waals surface area (Å²) >= 11 is 0. The van der Waals surface area contributed by atoms with Gasteiger partial charge in [0.2, 0.25) is 10.0 Å². The van der Waals surface area contributed by atoms with Crippen molar-refractivity contribution < 1.29 is 13.5 Å². The number of β-amino-alcohol motifs (C(OH)–C–C–N with tert-alkyl or cyclic N) is 1. The van der Waals surface area contributed by atoms with Crippen LogP contribution in [0.25, 0.3) is 0 Å². The summed E-state index contributed by atoms with van der Waals surface area (Å²) in [7, 11) is -0.304. The molecule has 1 aliphatic rings. The van der Waals surface area contributed by atoms with Crippen molar-refractivity contribution in [1.29, 1.82) is 0 Å². The zero-order valence-corrected chi connectivity index (χ0v) is 15.0. The first kappa shape index (κ1) is 18.1. The lowest BCUT2D eigenvalue weighted by atomic mass is 10.1. The van der Waals surface area contributed by atoms with Crippen LogP contribution in [0.1, 0.15) is 24.7 Å². The van der Waals surface area contributed by atoms with Crippen LogP contribution >= 0.6 is 0 Å². The van der Waals surface area contributed by atoms with E-state index < -0.39 is 16.1 Å². The highest BCUT2D eigenvalue weighted by molar-refractivity contribution is 7.89. The van der Waals surface area contributed by atoms with Crippen molar-refractivity contribution in [3.63, 3.8) is 0 Å². The molecule has 23 heavy (non-hydrogen) atoms. The summed E-state index contributed by atoms with van der Waals surface area (Å²) in [6, 6.07) is 0. The van der Waals surface area contributed by atoms with E-state index in [-0.39, 0.29) is 11.7 Å². The number of rotatable bonds is 6. The van der Waals surface area contributed by atoms with Crippen LogP contribution < -0.4 is 4.90 Å². The number of hydrogen-bond acceptors (Lipinski definition) is 6. The first-order chi connectivity index (χ1) is 10.7. The van der Waals surface area contributed by atoms with Crippen LogP contribution in [0.5, 0.6) is 0 Å². The predicted octanol–water partition coefficient (Wildman–Crippen LogP) is 0.426. The molecule has 0 unspecified atom stereocenters. The van der Waals surface area contributed by atoms with Crippen LogP contribution in [0.2, 0.25) is 0 Å². The fourth-order valence-electron chi connectivity index (χ4n) is 2.81. The van der Waals surface area contributed by atoms with Crippen molar-refractivity contribution in [2.24, 2.45) is 5.92 Å². The van der Waals surface area contributed by atoms with E-state index in [4.69, 9.17) is 0 Å². The van der Waals surface area contributed by atoms with Crippen LogP contribution in [0.15, 0.2) is 6.20 Å². The van der Waals surface area contributed by atoms with E-state index in [2.05, 4.69) is 16.9 Å². The summed E-state index contributed by atoms with van der Waals surface area (Å²) in [6.45, 7) is 4.82. The molecular weight excluding hydrogens is 316 g/mol. The van der Waals surface area contributed by atoms with Gasteiger partial charge in [0.1, 0.15) is 11.6 Å². The van der Waals surface area contributed by atoms with E-state index in [9.17, 15) is 13.5 Å². The highest BCUT2D eigenvalue weighted by Crippen LogP contribution is 2.27. The zero-order valence-electron chi connectivity index (χ0n) is 14.2. The number of nitrogens with zero attached hydrogens (tertiary/aromatic N) is 4. The summed E-state index contributed by atoms with van der Waals surface area (Å²) in [6.07, 6.45) is 3.00. The van der Waals surface area contributed by atoms with Crippen molar-refractivity contribution in [3.05, 3.63) is 17.6 Å². The predicted molar refractivity (Wildman–Crippen MR) is 89.9 cm³/mol. The Morgan fingerprint density at radius 1 is 1.39 bits per heavy atom. The fraction of sp³-hybridized carbons (Fsp3) is 0.733.